The molecule has 2 aromatic rings. The van der Waals surface area contributed by atoms with E-state index in [9.17, 15) is 4.79 Å². The molecule has 128 valence electrons. The highest BCUT2D eigenvalue weighted by molar-refractivity contribution is 7.99. The third-order valence-corrected chi connectivity index (χ3v) is 4.42. The fourth-order valence-corrected chi connectivity index (χ4v) is 2.61. The van der Waals surface area contributed by atoms with Gasteiger partial charge in [-0.05, 0) is 31.2 Å². The molecule has 1 atom stereocenters. The van der Waals surface area contributed by atoms with E-state index in [-0.39, 0.29) is 17.1 Å². The second-order valence-electron chi connectivity index (χ2n) is 5.25. The van der Waals surface area contributed by atoms with E-state index < -0.39 is 0 Å². The standard InChI is InChI=1S/C15H19ClN6OS/c1-9(13(23)18-11-6-4-10(16)5-7-11)24-8-12-19-14(17)21-15(20-12)22(2)3/h4-7,9H,8H2,1-3H3,(H,18,23)(H2,17,19,20,21). The Hall–Kier alpha value is -2.06. The molecule has 1 aromatic heterocycles. The molecule has 0 aliphatic carbocycles. The Morgan fingerprint density at radius 3 is 2.58 bits per heavy atom. The van der Waals surface area contributed by atoms with E-state index in [0.717, 1.165) is 0 Å². The maximum absolute atomic E-state index is 12.2. The fourth-order valence-electron chi connectivity index (χ4n) is 1.74. The normalized spacial score (nSPS) is 11.8. The lowest BCUT2D eigenvalue weighted by molar-refractivity contribution is -0.115. The molecule has 1 heterocycles. The molecule has 1 unspecified atom stereocenters. The van der Waals surface area contributed by atoms with Gasteiger partial charge in [-0.1, -0.05) is 11.6 Å². The first kappa shape index (κ1) is 18.3. The summed E-state index contributed by atoms with van der Waals surface area (Å²) in [6.45, 7) is 1.83. The Balaban J connectivity index is 1.93. The van der Waals surface area contributed by atoms with Gasteiger partial charge in [0, 0.05) is 24.8 Å². The number of hydrogen-bond acceptors (Lipinski definition) is 7. The summed E-state index contributed by atoms with van der Waals surface area (Å²) in [5.74, 6) is 1.57. The van der Waals surface area contributed by atoms with Crippen molar-refractivity contribution in [2.45, 2.75) is 17.9 Å². The van der Waals surface area contributed by atoms with Crippen LogP contribution in [0.1, 0.15) is 12.7 Å². The summed E-state index contributed by atoms with van der Waals surface area (Å²) in [5.41, 5.74) is 6.39. The summed E-state index contributed by atoms with van der Waals surface area (Å²) in [5, 5.41) is 3.19. The van der Waals surface area contributed by atoms with Crippen molar-refractivity contribution in [2.75, 3.05) is 30.0 Å². The monoisotopic (exact) mass is 366 g/mol. The van der Waals surface area contributed by atoms with E-state index in [0.29, 0.717) is 28.2 Å². The van der Waals surface area contributed by atoms with Crippen LogP contribution in [0.3, 0.4) is 0 Å². The van der Waals surface area contributed by atoms with Gasteiger partial charge in [0.25, 0.3) is 0 Å². The summed E-state index contributed by atoms with van der Waals surface area (Å²) in [6, 6.07) is 6.97. The minimum atomic E-state index is -0.276. The summed E-state index contributed by atoms with van der Waals surface area (Å²) >= 11 is 7.25. The Bertz CT molecular complexity index is 710. The van der Waals surface area contributed by atoms with Gasteiger partial charge in [-0.2, -0.15) is 15.0 Å². The van der Waals surface area contributed by atoms with Gasteiger partial charge in [-0.3, -0.25) is 4.79 Å². The fraction of sp³-hybridized carbons (Fsp3) is 0.333. The number of benzene rings is 1. The van der Waals surface area contributed by atoms with Crippen molar-refractivity contribution in [3.8, 4) is 0 Å². The van der Waals surface area contributed by atoms with Crippen molar-refractivity contribution in [1.82, 2.24) is 15.0 Å². The highest BCUT2D eigenvalue weighted by atomic mass is 35.5. The van der Waals surface area contributed by atoms with Crippen molar-refractivity contribution in [3.63, 3.8) is 0 Å². The average Bonchev–Trinajstić information content (AvgIpc) is 2.54. The molecule has 0 spiro atoms. The zero-order valence-electron chi connectivity index (χ0n) is 13.7. The first-order valence-electron chi connectivity index (χ1n) is 7.21. The largest absolute Gasteiger partial charge is 0.368 e. The van der Waals surface area contributed by atoms with Gasteiger partial charge in [0.05, 0.1) is 11.0 Å². The quantitative estimate of drug-likeness (QED) is 0.810. The van der Waals surface area contributed by atoms with Gasteiger partial charge in [-0.15, -0.1) is 11.8 Å². The first-order chi connectivity index (χ1) is 11.3. The number of halogens is 1. The molecule has 3 N–H and O–H groups in total. The SMILES string of the molecule is CC(SCc1nc(N)nc(N(C)C)n1)C(=O)Nc1ccc(Cl)cc1. The number of nitrogens with one attached hydrogen (secondary N) is 1. The number of thioether (sulfide) groups is 1. The van der Waals surface area contributed by atoms with Crippen molar-refractivity contribution < 1.29 is 4.79 Å². The molecule has 0 saturated heterocycles. The Morgan fingerprint density at radius 1 is 1.29 bits per heavy atom. The van der Waals surface area contributed by atoms with Crippen LogP contribution in [0.4, 0.5) is 17.6 Å². The van der Waals surface area contributed by atoms with Gasteiger partial charge in [0.15, 0.2) is 0 Å². The third-order valence-electron chi connectivity index (χ3n) is 3.03. The maximum Gasteiger partial charge on any atom is 0.237 e. The number of amides is 1. The van der Waals surface area contributed by atoms with Crippen molar-refractivity contribution in [3.05, 3.63) is 35.1 Å². The van der Waals surface area contributed by atoms with Crippen LogP contribution in [0.5, 0.6) is 0 Å². The number of rotatable bonds is 6. The van der Waals surface area contributed by atoms with Gasteiger partial charge >= 0.3 is 0 Å². The Kier molecular flexibility index (Phi) is 6.22. The molecule has 0 bridgehead atoms. The molecule has 24 heavy (non-hydrogen) atoms. The molecular formula is C15H19ClN6OS. The van der Waals surface area contributed by atoms with Gasteiger partial charge < -0.3 is 16.0 Å². The highest BCUT2D eigenvalue weighted by Gasteiger charge is 2.15. The topological polar surface area (TPSA) is 97.0 Å². The van der Waals surface area contributed by atoms with E-state index in [2.05, 4.69) is 20.3 Å². The van der Waals surface area contributed by atoms with E-state index in [1.165, 1.54) is 11.8 Å². The number of anilines is 3. The second-order valence-corrected chi connectivity index (χ2v) is 7.02. The number of nitrogen functional groups attached to an aromatic ring is 1. The lowest BCUT2D eigenvalue weighted by Gasteiger charge is -2.13. The summed E-state index contributed by atoms with van der Waals surface area (Å²) in [4.78, 5) is 26.4. The van der Waals surface area contributed by atoms with Crippen molar-refractivity contribution in [2.24, 2.45) is 0 Å². The van der Waals surface area contributed by atoms with E-state index in [1.807, 2.05) is 21.0 Å². The average molecular weight is 367 g/mol. The molecule has 1 aromatic carbocycles. The Labute approximate surface area is 150 Å². The molecule has 7 nitrogen and oxygen atoms in total. The van der Waals surface area contributed by atoms with Crippen LogP contribution in [0.25, 0.3) is 0 Å². The molecule has 1 amide bonds. The molecule has 9 heteroatoms. The lowest BCUT2D eigenvalue weighted by Crippen LogP contribution is -2.23. The van der Waals surface area contributed by atoms with E-state index in [1.54, 1.807) is 29.2 Å². The number of nitrogens with two attached hydrogens (primary N) is 1. The van der Waals surface area contributed by atoms with Crippen LogP contribution < -0.4 is 16.0 Å². The van der Waals surface area contributed by atoms with Crippen LogP contribution >= 0.6 is 23.4 Å². The minimum absolute atomic E-state index is 0.0998. The molecule has 0 radical (unpaired) electrons. The number of aromatic nitrogens is 3. The van der Waals surface area contributed by atoms with Crippen molar-refractivity contribution >= 4 is 46.9 Å². The Morgan fingerprint density at radius 2 is 1.96 bits per heavy atom. The molecule has 0 fully saturated rings. The van der Waals surface area contributed by atoms with Crippen molar-refractivity contribution in [1.29, 1.82) is 0 Å². The highest BCUT2D eigenvalue weighted by Crippen LogP contribution is 2.20. The molecular weight excluding hydrogens is 348 g/mol. The molecule has 0 aliphatic rings. The number of carbonyl (C=O) groups excluding carboxylic acids is 1. The van der Waals surface area contributed by atoms with Crippen LogP contribution in [0.15, 0.2) is 24.3 Å². The predicted octanol–water partition coefficient (Wildman–Crippen LogP) is 2.43. The maximum atomic E-state index is 12.2. The lowest BCUT2D eigenvalue weighted by atomic mass is 10.3. The summed E-state index contributed by atoms with van der Waals surface area (Å²) < 4.78 is 0. The second kappa shape index (κ2) is 8.16. The number of nitrogens with zero attached hydrogens (tertiary/aromatic N) is 4. The number of carbonyl (C=O) groups is 1. The van der Waals surface area contributed by atoms with Crippen LogP contribution in [-0.4, -0.2) is 40.2 Å². The van der Waals surface area contributed by atoms with Gasteiger partial charge in [-0.25, -0.2) is 0 Å². The summed E-state index contributed by atoms with van der Waals surface area (Å²) in [7, 11) is 3.65. The van der Waals surface area contributed by atoms with Gasteiger partial charge in [0.1, 0.15) is 5.82 Å². The molecule has 0 aliphatic heterocycles. The molecule has 2 rings (SSSR count). The zero-order valence-corrected chi connectivity index (χ0v) is 15.2. The van der Waals surface area contributed by atoms with Crippen LogP contribution in [-0.2, 0) is 10.5 Å². The smallest absolute Gasteiger partial charge is 0.237 e. The first-order valence-corrected chi connectivity index (χ1v) is 8.63. The van der Waals surface area contributed by atoms with Gasteiger partial charge in [0.2, 0.25) is 17.8 Å². The van der Waals surface area contributed by atoms with E-state index >= 15 is 0 Å². The summed E-state index contributed by atoms with van der Waals surface area (Å²) in [6.07, 6.45) is 0. The van der Waals surface area contributed by atoms with Crippen LogP contribution in [0.2, 0.25) is 5.02 Å². The predicted molar refractivity (Wildman–Crippen MR) is 99.4 cm³/mol. The van der Waals surface area contributed by atoms with Crippen LogP contribution in [0, 0.1) is 0 Å². The molecule has 0 saturated carbocycles. The number of hydrogen-bond donors (Lipinski definition) is 2. The third kappa shape index (κ3) is 5.24. The zero-order chi connectivity index (χ0) is 17.7. The minimum Gasteiger partial charge on any atom is -0.368 e. The van der Waals surface area contributed by atoms with E-state index in [4.69, 9.17) is 17.3 Å².